The fourth-order valence-electron chi connectivity index (χ4n) is 5.30. The molecule has 0 unspecified atom stereocenters. The molecule has 5 nitrogen and oxygen atoms in total. The molecule has 0 heterocycles. The molecule has 0 atom stereocenters. The first kappa shape index (κ1) is 32.4. The summed E-state index contributed by atoms with van der Waals surface area (Å²) in [5.41, 5.74) is 4.41. The number of benzene rings is 2. The number of esters is 1. The molecule has 2 aromatic rings. The Bertz CT molecular complexity index is 997. The molecule has 0 aromatic heterocycles. The van der Waals surface area contributed by atoms with E-state index >= 15 is 0 Å². The van der Waals surface area contributed by atoms with Gasteiger partial charge in [-0.15, -0.1) is 0 Å². The lowest BCUT2D eigenvalue weighted by Crippen LogP contribution is -2.10. The number of carbonyl (C=O) groups excluding carboxylic acids is 1. The van der Waals surface area contributed by atoms with Crippen molar-refractivity contribution in [2.24, 2.45) is 0 Å². The number of carbonyl (C=O) groups is 2. The Morgan fingerprint density at radius 1 is 0.641 bits per heavy atom. The predicted octanol–water partition coefficient (Wildman–Crippen LogP) is 10.2. The van der Waals surface area contributed by atoms with Crippen molar-refractivity contribution >= 4 is 12.1 Å². The van der Waals surface area contributed by atoms with Gasteiger partial charge in [-0.1, -0.05) is 115 Å². The van der Waals surface area contributed by atoms with E-state index < -0.39 is 6.16 Å². The van der Waals surface area contributed by atoms with Gasteiger partial charge < -0.3 is 14.6 Å². The van der Waals surface area contributed by atoms with Crippen LogP contribution in [0, 0.1) is 0 Å². The van der Waals surface area contributed by atoms with Crippen LogP contribution in [0.25, 0.3) is 11.1 Å². The molecule has 2 aromatic carbocycles. The van der Waals surface area contributed by atoms with Gasteiger partial charge in [0.2, 0.25) is 0 Å². The molecule has 0 aliphatic rings. The van der Waals surface area contributed by atoms with Gasteiger partial charge in [0.25, 0.3) is 0 Å². The average Bonchev–Trinajstić information content (AvgIpc) is 2.93. The van der Waals surface area contributed by atoms with E-state index in [0.29, 0.717) is 17.9 Å². The third-order valence-electron chi connectivity index (χ3n) is 7.36. The standard InChI is InChI=1S/C34H50O5/c1-4-7-9-11-13-15-17-21-27-29(28-22-19-20-24-31(28)33(35)38-6-3)25-26-32(39-34(36)37)30(27)23-18-16-14-12-10-8-5-2/h19-20,22,24-26H,4-18,21,23H2,1-3H3,(H,36,37). The number of ether oxygens (including phenoxy) is 2. The zero-order chi connectivity index (χ0) is 28.3. The maximum Gasteiger partial charge on any atom is 0.511 e. The second-order valence-electron chi connectivity index (χ2n) is 10.4. The van der Waals surface area contributed by atoms with Crippen LogP contribution in [-0.4, -0.2) is 23.8 Å². The predicted molar refractivity (Wildman–Crippen MR) is 160 cm³/mol. The van der Waals surface area contributed by atoms with Gasteiger partial charge in [0.15, 0.2) is 0 Å². The number of rotatable bonds is 20. The van der Waals surface area contributed by atoms with E-state index in [1.54, 1.807) is 6.07 Å². The fourth-order valence-corrected chi connectivity index (χ4v) is 5.30. The number of hydrogen-bond acceptors (Lipinski definition) is 4. The zero-order valence-electron chi connectivity index (χ0n) is 24.6. The van der Waals surface area contributed by atoms with Crippen LogP contribution in [0.1, 0.15) is 132 Å². The Morgan fingerprint density at radius 2 is 1.18 bits per heavy atom. The highest BCUT2D eigenvalue weighted by atomic mass is 16.7. The minimum absolute atomic E-state index is 0.312. The minimum Gasteiger partial charge on any atom is -0.462 e. The molecule has 0 spiro atoms. The third-order valence-corrected chi connectivity index (χ3v) is 7.36. The van der Waals surface area contributed by atoms with Crippen molar-refractivity contribution < 1.29 is 24.2 Å². The van der Waals surface area contributed by atoms with Crippen LogP contribution >= 0.6 is 0 Å². The molecule has 2 rings (SSSR count). The molecule has 0 aliphatic heterocycles. The van der Waals surface area contributed by atoms with Gasteiger partial charge >= 0.3 is 12.1 Å². The van der Waals surface area contributed by atoms with E-state index in [-0.39, 0.29) is 5.97 Å². The van der Waals surface area contributed by atoms with Gasteiger partial charge in [0, 0.05) is 0 Å². The van der Waals surface area contributed by atoms with Crippen LogP contribution in [0.5, 0.6) is 5.75 Å². The van der Waals surface area contributed by atoms with Gasteiger partial charge in [-0.05, 0) is 67.0 Å². The lowest BCUT2D eigenvalue weighted by atomic mass is 9.87. The van der Waals surface area contributed by atoms with Crippen LogP contribution in [0.15, 0.2) is 36.4 Å². The third kappa shape index (κ3) is 11.4. The van der Waals surface area contributed by atoms with Crippen LogP contribution in [0.4, 0.5) is 4.79 Å². The molecule has 1 N–H and O–H groups in total. The lowest BCUT2D eigenvalue weighted by Gasteiger charge is -2.20. The summed E-state index contributed by atoms with van der Waals surface area (Å²) in [4.78, 5) is 24.4. The quantitative estimate of drug-likeness (QED) is 0.103. The highest BCUT2D eigenvalue weighted by Gasteiger charge is 2.21. The van der Waals surface area contributed by atoms with Crippen molar-refractivity contribution in [1.82, 2.24) is 0 Å². The first-order chi connectivity index (χ1) is 19.0. The van der Waals surface area contributed by atoms with Crippen molar-refractivity contribution in [3.8, 4) is 16.9 Å². The molecule has 0 saturated carbocycles. The fraction of sp³-hybridized carbons (Fsp3) is 0.588. The van der Waals surface area contributed by atoms with Crippen molar-refractivity contribution in [1.29, 1.82) is 0 Å². The Balaban J connectivity index is 2.39. The van der Waals surface area contributed by atoms with E-state index in [4.69, 9.17) is 9.47 Å². The minimum atomic E-state index is -1.29. The maximum absolute atomic E-state index is 12.8. The molecule has 0 bridgehead atoms. The molecule has 216 valence electrons. The largest absolute Gasteiger partial charge is 0.511 e. The van der Waals surface area contributed by atoms with Gasteiger partial charge in [-0.3, -0.25) is 0 Å². The van der Waals surface area contributed by atoms with Crippen molar-refractivity contribution in [3.63, 3.8) is 0 Å². The maximum atomic E-state index is 12.8. The Labute approximate surface area is 236 Å². The number of hydrogen-bond donors (Lipinski definition) is 1. The second kappa shape index (κ2) is 19.3. The smallest absolute Gasteiger partial charge is 0.462 e. The van der Waals surface area contributed by atoms with Crippen LogP contribution in [0.2, 0.25) is 0 Å². The summed E-state index contributed by atoms with van der Waals surface area (Å²) >= 11 is 0. The lowest BCUT2D eigenvalue weighted by molar-refractivity contribution is 0.0527. The van der Waals surface area contributed by atoms with Crippen molar-refractivity contribution in [3.05, 3.63) is 53.1 Å². The molecular formula is C34H50O5. The second-order valence-corrected chi connectivity index (χ2v) is 10.4. The van der Waals surface area contributed by atoms with Crippen LogP contribution in [0.3, 0.4) is 0 Å². The summed E-state index contributed by atoms with van der Waals surface area (Å²) in [5.74, 6) is 0.0817. The van der Waals surface area contributed by atoms with Gasteiger partial charge in [-0.2, -0.15) is 0 Å². The zero-order valence-corrected chi connectivity index (χ0v) is 24.6. The summed E-state index contributed by atoms with van der Waals surface area (Å²) in [5, 5.41) is 9.47. The van der Waals surface area contributed by atoms with Crippen LogP contribution < -0.4 is 4.74 Å². The first-order valence-corrected chi connectivity index (χ1v) is 15.3. The van der Waals surface area contributed by atoms with Crippen molar-refractivity contribution in [2.45, 2.75) is 124 Å². The van der Waals surface area contributed by atoms with Crippen LogP contribution in [-0.2, 0) is 17.6 Å². The molecule has 0 radical (unpaired) electrons. The summed E-state index contributed by atoms with van der Waals surface area (Å²) < 4.78 is 10.7. The number of carboxylic acid groups (broad SMARTS) is 1. The van der Waals surface area contributed by atoms with Gasteiger partial charge in [0.1, 0.15) is 5.75 Å². The van der Waals surface area contributed by atoms with Gasteiger partial charge in [0.05, 0.1) is 12.2 Å². The Kier molecular flexibility index (Phi) is 16.0. The highest BCUT2D eigenvalue weighted by Crippen LogP contribution is 2.37. The SMILES string of the molecule is CCCCCCCCCc1c(OC(=O)O)ccc(-c2ccccc2C(=O)OCC)c1CCCCCCCCC. The molecule has 0 fully saturated rings. The van der Waals surface area contributed by atoms with E-state index in [9.17, 15) is 14.7 Å². The summed E-state index contributed by atoms with van der Waals surface area (Å²) in [6.45, 7) is 6.58. The summed E-state index contributed by atoms with van der Waals surface area (Å²) in [6.07, 6.45) is 17.0. The average molecular weight is 539 g/mol. The van der Waals surface area contributed by atoms with E-state index in [0.717, 1.165) is 60.8 Å². The Morgan fingerprint density at radius 3 is 1.74 bits per heavy atom. The van der Waals surface area contributed by atoms with Gasteiger partial charge in [-0.25, -0.2) is 9.59 Å². The highest BCUT2D eigenvalue weighted by molar-refractivity contribution is 5.98. The molecule has 0 aliphatic carbocycles. The van der Waals surface area contributed by atoms with Crippen molar-refractivity contribution in [2.75, 3.05) is 6.61 Å². The summed E-state index contributed by atoms with van der Waals surface area (Å²) in [6, 6.07) is 11.2. The number of unbranched alkanes of at least 4 members (excludes halogenated alkanes) is 12. The summed E-state index contributed by atoms with van der Waals surface area (Å²) in [7, 11) is 0. The van der Waals surface area contributed by atoms with E-state index in [2.05, 4.69) is 13.8 Å². The molecular weight excluding hydrogens is 488 g/mol. The van der Waals surface area contributed by atoms with E-state index in [1.165, 1.54) is 64.2 Å². The molecule has 39 heavy (non-hydrogen) atoms. The normalized spacial score (nSPS) is 10.9. The Hall–Kier alpha value is -2.82. The first-order valence-electron chi connectivity index (χ1n) is 15.3. The molecule has 0 amide bonds. The topological polar surface area (TPSA) is 72.8 Å². The molecule has 5 heteroatoms. The van der Waals surface area contributed by atoms with E-state index in [1.807, 2.05) is 37.3 Å². The molecule has 0 saturated heterocycles. The monoisotopic (exact) mass is 538 g/mol.